The highest BCUT2D eigenvalue weighted by Gasteiger charge is 2.38. The van der Waals surface area contributed by atoms with E-state index in [1.54, 1.807) is 21.3 Å². The maximum absolute atomic E-state index is 5.93. The van der Waals surface area contributed by atoms with Crippen LogP contribution in [0.2, 0.25) is 0 Å². The van der Waals surface area contributed by atoms with Crippen LogP contribution in [0.5, 0.6) is 17.2 Å². The highest BCUT2D eigenvalue weighted by atomic mass is 16.7. The zero-order valence-electron chi connectivity index (χ0n) is 13.0. The number of ether oxygens (including phenoxy) is 5. The van der Waals surface area contributed by atoms with E-state index in [-0.39, 0.29) is 0 Å². The Hall–Kier alpha value is -2.14. The Morgan fingerprint density at radius 2 is 1.82 bits per heavy atom. The van der Waals surface area contributed by atoms with Crippen LogP contribution in [0.15, 0.2) is 30.0 Å². The summed E-state index contributed by atoms with van der Waals surface area (Å²) in [5.74, 6) is 2.00. The summed E-state index contributed by atoms with van der Waals surface area (Å²) in [7, 11) is 4.78. The van der Waals surface area contributed by atoms with Crippen LogP contribution < -0.4 is 14.2 Å². The van der Waals surface area contributed by atoms with Crippen molar-refractivity contribution >= 4 is 6.08 Å². The van der Waals surface area contributed by atoms with Crippen LogP contribution in [-0.2, 0) is 9.47 Å². The van der Waals surface area contributed by atoms with Crippen LogP contribution in [-0.4, -0.2) is 33.7 Å². The molecule has 0 radical (unpaired) electrons. The average molecular weight is 304 g/mol. The molecule has 1 aromatic carbocycles. The van der Waals surface area contributed by atoms with Gasteiger partial charge in [-0.1, -0.05) is 0 Å². The molecule has 0 amide bonds. The van der Waals surface area contributed by atoms with Gasteiger partial charge < -0.3 is 23.7 Å². The van der Waals surface area contributed by atoms with E-state index in [0.29, 0.717) is 17.2 Å². The molecule has 2 heterocycles. The first-order chi connectivity index (χ1) is 10.7. The third-order valence-electron chi connectivity index (χ3n) is 3.80. The summed E-state index contributed by atoms with van der Waals surface area (Å²) in [5, 5.41) is 0. The van der Waals surface area contributed by atoms with Gasteiger partial charge in [0.1, 0.15) is 5.76 Å². The van der Waals surface area contributed by atoms with E-state index < -0.39 is 5.79 Å². The maximum atomic E-state index is 5.93. The molecule has 1 atom stereocenters. The van der Waals surface area contributed by atoms with E-state index in [4.69, 9.17) is 23.7 Å². The molecule has 5 heteroatoms. The molecule has 1 saturated heterocycles. The van der Waals surface area contributed by atoms with Crippen LogP contribution in [0.1, 0.15) is 18.4 Å². The molecule has 0 aliphatic carbocycles. The zero-order chi connectivity index (χ0) is 15.6. The molecule has 2 aliphatic heterocycles. The molecule has 0 saturated carbocycles. The van der Waals surface area contributed by atoms with Gasteiger partial charge in [0.2, 0.25) is 11.5 Å². The molecular weight excluding hydrogens is 284 g/mol. The van der Waals surface area contributed by atoms with E-state index in [1.165, 1.54) is 0 Å². The first-order valence-electron chi connectivity index (χ1n) is 7.23. The molecule has 118 valence electrons. The number of rotatable bonds is 4. The van der Waals surface area contributed by atoms with E-state index in [1.807, 2.05) is 30.4 Å². The Morgan fingerprint density at radius 1 is 1.09 bits per heavy atom. The summed E-state index contributed by atoms with van der Waals surface area (Å²) in [6, 6.07) is 3.76. The molecule has 0 aromatic heterocycles. The lowest BCUT2D eigenvalue weighted by atomic mass is 10.1. The second-order valence-electron chi connectivity index (χ2n) is 5.20. The van der Waals surface area contributed by atoms with Crippen LogP contribution in [0.25, 0.3) is 6.08 Å². The Morgan fingerprint density at radius 3 is 2.36 bits per heavy atom. The minimum Gasteiger partial charge on any atom is -0.493 e. The molecule has 1 fully saturated rings. The Balaban J connectivity index is 1.89. The van der Waals surface area contributed by atoms with Gasteiger partial charge in [0.25, 0.3) is 0 Å². The van der Waals surface area contributed by atoms with Crippen molar-refractivity contribution in [3.63, 3.8) is 0 Å². The van der Waals surface area contributed by atoms with Crippen molar-refractivity contribution in [3.8, 4) is 17.2 Å². The molecule has 1 aromatic rings. The average Bonchev–Trinajstić information content (AvgIpc) is 3.16. The van der Waals surface area contributed by atoms with Crippen molar-refractivity contribution in [2.75, 3.05) is 27.9 Å². The van der Waals surface area contributed by atoms with Gasteiger partial charge in [-0.25, -0.2) is 0 Å². The second-order valence-corrected chi connectivity index (χ2v) is 5.20. The van der Waals surface area contributed by atoms with Gasteiger partial charge in [-0.15, -0.1) is 0 Å². The summed E-state index contributed by atoms with van der Waals surface area (Å²) in [6.45, 7) is 0.738. The van der Waals surface area contributed by atoms with Gasteiger partial charge in [0.05, 0.1) is 27.9 Å². The summed E-state index contributed by atoms with van der Waals surface area (Å²) < 4.78 is 27.7. The highest BCUT2D eigenvalue weighted by Crippen LogP contribution is 2.40. The van der Waals surface area contributed by atoms with E-state index in [2.05, 4.69) is 0 Å². The molecule has 1 unspecified atom stereocenters. The predicted molar refractivity (Wildman–Crippen MR) is 82.2 cm³/mol. The van der Waals surface area contributed by atoms with E-state index in [0.717, 1.165) is 30.8 Å². The number of methoxy groups -OCH3 is 3. The molecule has 22 heavy (non-hydrogen) atoms. The molecule has 1 spiro atoms. The highest BCUT2D eigenvalue weighted by molar-refractivity contribution is 5.64. The molecule has 0 N–H and O–H groups in total. The molecule has 5 nitrogen and oxygen atoms in total. The van der Waals surface area contributed by atoms with Crippen LogP contribution in [0.4, 0.5) is 0 Å². The summed E-state index contributed by atoms with van der Waals surface area (Å²) >= 11 is 0. The number of allylic oxidation sites excluding steroid dienone is 1. The number of hydrogen-bond acceptors (Lipinski definition) is 5. The fraction of sp³-hybridized carbons (Fsp3) is 0.412. The monoisotopic (exact) mass is 304 g/mol. The number of hydrogen-bond donors (Lipinski definition) is 0. The SMILES string of the molecule is COc1cc(/C=C2\C=CC3(CCCO3)O2)cc(OC)c1OC. The first kappa shape index (κ1) is 14.8. The van der Waals surface area contributed by atoms with Crippen molar-refractivity contribution in [3.05, 3.63) is 35.6 Å². The quantitative estimate of drug-likeness (QED) is 0.855. The van der Waals surface area contributed by atoms with Gasteiger partial charge in [0.15, 0.2) is 11.5 Å². The lowest BCUT2D eigenvalue weighted by molar-refractivity contribution is -0.135. The Bertz CT molecular complexity index is 586. The topological polar surface area (TPSA) is 46.2 Å². The Kier molecular flexibility index (Phi) is 3.98. The lowest BCUT2D eigenvalue weighted by Gasteiger charge is -2.20. The molecule has 3 rings (SSSR count). The van der Waals surface area contributed by atoms with E-state index >= 15 is 0 Å². The van der Waals surface area contributed by atoms with Gasteiger partial charge in [-0.2, -0.15) is 0 Å². The third kappa shape index (κ3) is 2.64. The summed E-state index contributed by atoms with van der Waals surface area (Å²) in [5.41, 5.74) is 0.907. The van der Waals surface area contributed by atoms with Gasteiger partial charge in [-0.3, -0.25) is 0 Å². The normalized spacial score (nSPS) is 24.8. The lowest BCUT2D eigenvalue weighted by Crippen LogP contribution is -2.24. The standard InChI is InChI=1S/C17H20O5/c1-18-14-10-12(11-15(19-2)16(14)20-3)9-13-5-7-17(22-13)6-4-8-21-17/h5,7,9-11H,4,6,8H2,1-3H3/b13-9+. The summed E-state index contributed by atoms with van der Waals surface area (Å²) in [6.07, 6.45) is 7.74. The second kappa shape index (κ2) is 5.93. The fourth-order valence-corrected chi connectivity index (χ4v) is 2.75. The van der Waals surface area contributed by atoms with Crippen molar-refractivity contribution in [2.24, 2.45) is 0 Å². The Labute approximate surface area is 130 Å². The van der Waals surface area contributed by atoms with Crippen molar-refractivity contribution in [2.45, 2.75) is 18.6 Å². The maximum Gasteiger partial charge on any atom is 0.230 e. The van der Waals surface area contributed by atoms with Crippen LogP contribution in [0.3, 0.4) is 0 Å². The zero-order valence-corrected chi connectivity index (χ0v) is 13.0. The number of benzene rings is 1. The fourth-order valence-electron chi connectivity index (χ4n) is 2.75. The van der Waals surface area contributed by atoms with Gasteiger partial charge in [-0.05, 0) is 42.3 Å². The first-order valence-corrected chi connectivity index (χ1v) is 7.23. The van der Waals surface area contributed by atoms with Gasteiger partial charge in [0, 0.05) is 6.42 Å². The minimum atomic E-state index is -0.563. The van der Waals surface area contributed by atoms with Gasteiger partial charge >= 0.3 is 0 Å². The van der Waals surface area contributed by atoms with Crippen molar-refractivity contribution in [1.82, 2.24) is 0 Å². The molecule has 2 aliphatic rings. The van der Waals surface area contributed by atoms with Crippen molar-refractivity contribution in [1.29, 1.82) is 0 Å². The minimum absolute atomic E-state index is 0.563. The molecular formula is C17H20O5. The molecule has 0 bridgehead atoms. The van der Waals surface area contributed by atoms with E-state index in [9.17, 15) is 0 Å². The third-order valence-corrected chi connectivity index (χ3v) is 3.80. The summed E-state index contributed by atoms with van der Waals surface area (Å²) in [4.78, 5) is 0. The largest absolute Gasteiger partial charge is 0.493 e. The smallest absolute Gasteiger partial charge is 0.230 e. The van der Waals surface area contributed by atoms with Crippen molar-refractivity contribution < 1.29 is 23.7 Å². The van der Waals surface area contributed by atoms with Crippen LogP contribution in [0, 0.1) is 0 Å². The van der Waals surface area contributed by atoms with Crippen LogP contribution >= 0.6 is 0 Å². The predicted octanol–water partition coefficient (Wildman–Crippen LogP) is 3.15.